The van der Waals surface area contributed by atoms with Crippen LogP contribution >= 0.6 is 12.2 Å². The fourth-order valence-electron chi connectivity index (χ4n) is 2.57. The molecule has 1 atom stereocenters. The minimum atomic E-state index is -0.199. The summed E-state index contributed by atoms with van der Waals surface area (Å²) in [6.07, 6.45) is 1.11. The average molecular weight is 340 g/mol. The second-order valence-electron chi connectivity index (χ2n) is 6.22. The van der Waals surface area contributed by atoms with Crippen LogP contribution in [-0.4, -0.2) is 11.0 Å². The number of anilines is 1. The van der Waals surface area contributed by atoms with Crippen LogP contribution in [0.2, 0.25) is 0 Å². The summed E-state index contributed by atoms with van der Waals surface area (Å²) in [6.45, 7) is 8.32. The Kier molecular flexibility index (Phi) is 6.10. The molecule has 0 aromatic heterocycles. The highest BCUT2D eigenvalue weighted by molar-refractivity contribution is 7.80. The van der Waals surface area contributed by atoms with Crippen molar-refractivity contribution in [1.29, 1.82) is 0 Å². The molecule has 0 heterocycles. The van der Waals surface area contributed by atoms with E-state index < -0.39 is 0 Å². The number of carbonyl (C=O) groups excluding carboxylic acids is 1. The van der Waals surface area contributed by atoms with Gasteiger partial charge in [0.1, 0.15) is 0 Å². The van der Waals surface area contributed by atoms with Gasteiger partial charge in [0.25, 0.3) is 5.91 Å². The normalized spacial score (nSPS) is 11.7. The third kappa shape index (κ3) is 4.90. The maximum Gasteiger partial charge on any atom is 0.257 e. The lowest BCUT2D eigenvalue weighted by molar-refractivity contribution is 0.0977. The van der Waals surface area contributed by atoms with Crippen LogP contribution in [0.4, 0.5) is 5.69 Å². The molecule has 3 nitrogen and oxygen atoms in total. The van der Waals surface area contributed by atoms with E-state index in [1.165, 1.54) is 5.56 Å². The van der Waals surface area contributed by atoms with Crippen molar-refractivity contribution in [2.24, 2.45) is 0 Å². The Morgan fingerprint density at radius 3 is 2.21 bits per heavy atom. The van der Waals surface area contributed by atoms with E-state index in [-0.39, 0.29) is 5.91 Å². The number of aryl methyl sites for hydroxylation is 2. The van der Waals surface area contributed by atoms with E-state index in [1.54, 1.807) is 0 Å². The van der Waals surface area contributed by atoms with Crippen LogP contribution in [0.15, 0.2) is 42.5 Å². The molecule has 2 N–H and O–H groups in total. The zero-order valence-electron chi connectivity index (χ0n) is 14.6. The largest absolute Gasteiger partial charge is 0.332 e. The minimum Gasteiger partial charge on any atom is -0.332 e. The van der Waals surface area contributed by atoms with Crippen LogP contribution in [0.5, 0.6) is 0 Å². The molecule has 0 bridgehead atoms. The first kappa shape index (κ1) is 18.1. The lowest BCUT2D eigenvalue weighted by atomic mass is 9.99. The van der Waals surface area contributed by atoms with Gasteiger partial charge in [0.2, 0.25) is 0 Å². The molecule has 24 heavy (non-hydrogen) atoms. The Morgan fingerprint density at radius 1 is 1.08 bits per heavy atom. The van der Waals surface area contributed by atoms with Gasteiger partial charge in [-0.25, -0.2) is 0 Å². The minimum absolute atomic E-state index is 0.199. The van der Waals surface area contributed by atoms with E-state index in [0.717, 1.165) is 23.2 Å². The fraction of sp³-hybridized carbons (Fsp3) is 0.300. The second-order valence-corrected chi connectivity index (χ2v) is 6.62. The van der Waals surface area contributed by atoms with Crippen molar-refractivity contribution in [1.82, 2.24) is 5.32 Å². The molecule has 0 spiro atoms. The van der Waals surface area contributed by atoms with E-state index in [1.807, 2.05) is 44.2 Å². The van der Waals surface area contributed by atoms with Crippen LogP contribution in [-0.2, 0) is 0 Å². The van der Waals surface area contributed by atoms with E-state index >= 15 is 0 Å². The Balaban J connectivity index is 1.98. The SMILES string of the molecule is CCC(C)c1ccc(NC(=S)NC(=O)c2cc(C)cc(C)c2)cc1. The molecular weight excluding hydrogens is 316 g/mol. The Bertz CT molecular complexity index is 718. The van der Waals surface area contributed by atoms with Crippen molar-refractivity contribution in [2.45, 2.75) is 40.0 Å². The van der Waals surface area contributed by atoms with Crippen molar-refractivity contribution >= 4 is 28.9 Å². The van der Waals surface area contributed by atoms with Gasteiger partial charge in [-0.1, -0.05) is 43.2 Å². The van der Waals surface area contributed by atoms with Crippen molar-refractivity contribution in [3.8, 4) is 0 Å². The maximum atomic E-state index is 12.3. The van der Waals surface area contributed by atoms with Crippen LogP contribution in [0, 0.1) is 13.8 Å². The molecule has 4 heteroatoms. The molecule has 1 unspecified atom stereocenters. The van der Waals surface area contributed by atoms with Crippen LogP contribution in [0.25, 0.3) is 0 Å². The number of amides is 1. The van der Waals surface area contributed by atoms with Gasteiger partial charge in [0.15, 0.2) is 5.11 Å². The zero-order valence-corrected chi connectivity index (χ0v) is 15.5. The quantitative estimate of drug-likeness (QED) is 0.774. The third-order valence-electron chi connectivity index (χ3n) is 4.06. The zero-order chi connectivity index (χ0) is 17.7. The topological polar surface area (TPSA) is 41.1 Å². The Hall–Kier alpha value is -2.20. The van der Waals surface area contributed by atoms with E-state index in [0.29, 0.717) is 16.6 Å². The number of benzene rings is 2. The number of thiocarbonyl (C=S) groups is 1. The predicted octanol–water partition coefficient (Wildman–Crippen LogP) is 4.94. The molecule has 0 aliphatic heterocycles. The van der Waals surface area contributed by atoms with Gasteiger partial charge < -0.3 is 5.32 Å². The standard InChI is InChI=1S/C20H24N2OS/c1-5-15(4)16-6-8-18(9-7-16)21-20(24)22-19(23)17-11-13(2)10-14(3)12-17/h6-12,15H,5H2,1-4H3,(H2,21,22,23,24). The number of hydrogen-bond acceptors (Lipinski definition) is 2. The van der Waals surface area contributed by atoms with Gasteiger partial charge in [-0.3, -0.25) is 10.1 Å². The summed E-state index contributed by atoms with van der Waals surface area (Å²) in [5, 5.41) is 6.09. The van der Waals surface area contributed by atoms with Crippen molar-refractivity contribution in [2.75, 3.05) is 5.32 Å². The molecule has 0 radical (unpaired) electrons. The van der Waals surface area contributed by atoms with Gasteiger partial charge >= 0.3 is 0 Å². The predicted molar refractivity (Wildman–Crippen MR) is 105 cm³/mol. The first-order valence-corrected chi connectivity index (χ1v) is 8.60. The van der Waals surface area contributed by atoms with E-state index in [2.05, 4.69) is 36.6 Å². The van der Waals surface area contributed by atoms with Crippen LogP contribution in [0.3, 0.4) is 0 Å². The lowest BCUT2D eigenvalue weighted by Crippen LogP contribution is -2.34. The number of rotatable bonds is 4. The third-order valence-corrected chi connectivity index (χ3v) is 4.27. The van der Waals surface area contributed by atoms with Crippen molar-refractivity contribution < 1.29 is 4.79 Å². The smallest absolute Gasteiger partial charge is 0.257 e. The average Bonchev–Trinajstić information content (AvgIpc) is 2.53. The van der Waals surface area contributed by atoms with E-state index in [4.69, 9.17) is 12.2 Å². The molecule has 0 saturated carbocycles. The van der Waals surface area contributed by atoms with Crippen molar-refractivity contribution in [3.63, 3.8) is 0 Å². The summed E-state index contributed by atoms with van der Waals surface area (Å²) in [5.74, 6) is 0.339. The van der Waals surface area contributed by atoms with Crippen molar-refractivity contribution in [3.05, 3.63) is 64.7 Å². The lowest BCUT2D eigenvalue weighted by Gasteiger charge is -2.12. The summed E-state index contributed by atoms with van der Waals surface area (Å²) in [7, 11) is 0. The van der Waals surface area contributed by atoms with Crippen LogP contribution < -0.4 is 10.6 Å². The van der Waals surface area contributed by atoms with Gasteiger partial charge in [-0.2, -0.15) is 0 Å². The molecule has 0 aliphatic rings. The molecule has 126 valence electrons. The van der Waals surface area contributed by atoms with Gasteiger partial charge in [-0.05, 0) is 68.2 Å². The summed E-state index contributed by atoms with van der Waals surface area (Å²) in [6, 6.07) is 13.9. The highest BCUT2D eigenvalue weighted by Crippen LogP contribution is 2.20. The highest BCUT2D eigenvalue weighted by atomic mass is 32.1. The molecule has 2 aromatic carbocycles. The van der Waals surface area contributed by atoms with E-state index in [9.17, 15) is 4.79 Å². The molecule has 2 aromatic rings. The number of hydrogen-bond donors (Lipinski definition) is 2. The highest BCUT2D eigenvalue weighted by Gasteiger charge is 2.09. The molecule has 0 saturated heterocycles. The summed E-state index contributed by atoms with van der Waals surface area (Å²) in [4.78, 5) is 12.3. The summed E-state index contributed by atoms with van der Waals surface area (Å²) >= 11 is 5.24. The second kappa shape index (κ2) is 8.06. The Morgan fingerprint density at radius 2 is 1.67 bits per heavy atom. The molecule has 2 rings (SSSR count). The van der Waals surface area contributed by atoms with Gasteiger partial charge in [-0.15, -0.1) is 0 Å². The summed E-state index contributed by atoms with van der Waals surface area (Å²) in [5.41, 5.74) is 4.89. The molecule has 1 amide bonds. The first-order chi connectivity index (χ1) is 11.4. The molecule has 0 aliphatic carbocycles. The molecular formula is C20H24N2OS. The first-order valence-electron chi connectivity index (χ1n) is 8.19. The van der Waals surface area contributed by atoms with Crippen LogP contribution in [0.1, 0.15) is 53.2 Å². The monoisotopic (exact) mass is 340 g/mol. The van der Waals surface area contributed by atoms with Gasteiger partial charge in [0.05, 0.1) is 0 Å². The Labute approximate surface area is 149 Å². The number of carbonyl (C=O) groups is 1. The number of nitrogens with one attached hydrogen (secondary N) is 2. The molecule has 0 fully saturated rings. The fourth-order valence-corrected chi connectivity index (χ4v) is 2.78. The van der Waals surface area contributed by atoms with Gasteiger partial charge in [0, 0.05) is 11.3 Å². The summed E-state index contributed by atoms with van der Waals surface area (Å²) < 4.78 is 0. The maximum absolute atomic E-state index is 12.3.